The zero-order valence-electron chi connectivity index (χ0n) is 27.8. The molecule has 0 saturated carbocycles. The number of rotatable bonds is 8. The van der Waals surface area contributed by atoms with Gasteiger partial charge >= 0.3 is 15.8 Å². The van der Waals surface area contributed by atoms with E-state index in [0.717, 1.165) is 23.0 Å². The molecule has 3 aliphatic rings. The van der Waals surface area contributed by atoms with Crippen LogP contribution in [0.1, 0.15) is 50.2 Å². The first-order chi connectivity index (χ1) is 23.3. The summed E-state index contributed by atoms with van der Waals surface area (Å²) in [5, 5.41) is 0.178. The Bertz CT molecular complexity index is 1980. The van der Waals surface area contributed by atoms with Crippen LogP contribution in [0.2, 0.25) is 0 Å². The Morgan fingerprint density at radius 2 is 1.73 bits per heavy atom. The summed E-state index contributed by atoms with van der Waals surface area (Å²) < 4.78 is 76.0. The summed E-state index contributed by atoms with van der Waals surface area (Å²) in [5.41, 5.74) is 0.348. The lowest BCUT2D eigenvalue weighted by molar-refractivity contribution is 0.0727. The second-order valence-corrected chi connectivity index (χ2v) is 14.3. The van der Waals surface area contributed by atoms with Crippen molar-refractivity contribution in [1.29, 1.82) is 0 Å². The smallest absolute Gasteiger partial charge is 0.341 e. The fourth-order valence-electron chi connectivity index (χ4n) is 6.94. The summed E-state index contributed by atoms with van der Waals surface area (Å²) in [5.74, 6) is -3.76. The number of nitrogens with one attached hydrogen (secondary N) is 1. The fourth-order valence-corrected chi connectivity index (χ4v) is 8.15. The van der Waals surface area contributed by atoms with Crippen LogP contribution in [0.3, 0.4) is 0 Å². The molecule has 6 rings (SSSR count). The number of carbonyl (C=O) groups excluding carboxylic acids is 2. The van der Waals surface area contributed by atoms with Crippen molar-refractivity contribution in [3.05, 3.63) is 68.1 Å². The monoisotopic (exact) mass is 703 g/mol. The van der Waals surface area contributed by atoms with Crippen LogP contribution >= 0.6 is 0 Å². The van der Waals surface area contributed by atoms with Gasteiger partial charge in [0.15, 0.2) is 0 Å². The second kappa shape index (κ2) is 13.7. The zero-order chi connectivity index (χ0) is 35.2. The molecule has 1 atom stereocenters. The van der Waals surface area contributed by atoms with Gasteiger partial charge in [0.1, 0.15) is 23.0 Å². The summed E-state index contributed by atoms with van der Waals surface area (Å²) in [6.45, 7) is 4.60. The number of aryl methyl sites for hydroxylation is 1. The Labute approximate surface area is 282 Å². The number of hydrogen-bond acceptors (Lipinski definition) is 10. The number of halogens is 2. The predicted octanol–water partition coefficient (Wildman–Crippen LogP) is 2.42. The summed E-state index contributed by atoms with van der Waals surface area (Å²) in [6.07, 6.45) is 1.42. The van der Waals surface area contributed by atoms with E-state index in [0.29, 0.717) is 49.4 Å². The van der Waals surface area contributed by atoms with E-state index >= 15 is 8.78 Å². The number of anilines is 1. The molecule has 4 heterocycles. The van der Waals surface area contributed by atoms with Crippen molar-refractivity contribution in [2.45, 2.75) is 38.8 Å². The molecule has 16 heteroatoms. The molecular formula is C33H39F2N5O8S. The van der Waals surface area contributed by atoms with Crippen LogP contribution in [0, 0.1) is 18.6 Å². The number of ether oxygens (including phenoxy) is 2. The number of hydrogen-bond donors (Lipinski definition) is 1. The third kappa shape index (κ3) is 6.49. The predicted molar refractivity (Wildman–Crippen MR) is 176 cm³/mol. The SMILES string of the molecule is COC[C@H]1CN(c2cc(F)c3c4c(c(=O)oc3c2C)CN(C(=O)c2cc(OC)c(C(=O)NS(=O)(=O)N3CCCC3)cc2F)CC4)CCN1C. The van der Waals surface area contributed by atoms with Crippen LogP contribution < -0.4 is 20.0 Å². The van der Waals surface area contributed by atoms with Gasteiger partial charge < -0.3 is 23.7 Å². The van der Waals surface area contributed by atoms with Crippen molar-refractivity contribution in [2.75, 3.05) is 72.0 Å². The standard InChI is InChI=1S/C33H39F2N5O8S/c1-19-27(38-12-11-37(2)20(16-38)18-46-3)15-26(35)29-21-7-10-39(17-24(21)33(43)48-30(19)29)32(42)22-14-28(47-4)23(13-25(22)34)31(41)36-49(44,45)40-8-5-6-9-40/h13-15,20H,5-12,16-18H2,1-4H3,(H,36,41)/t20-/m1/s1. The highest BCUT2D eigenvalue weighted by Crippen LogP contribution is 2.36. The molecular weight excluding hydrogens is 664 g/mol. The fraction of sp³-hybridized carbons (Fsp3) is 0.485. The zero-order valence-corrected chi connectivity index (χ0v) is 28.6. The van der Waals surface area contributed by atoms with Gasteiger partial charge in [-0.3, -0.25) is 14.5 Å². The van der Waals surface area contributed by atoms with Gasteiger partial charge in [0.05, 0.1) is 48.4 Å². The number of piperazine rings is 1. The second-order valence-electron chi connectivity index (χ2n) is 12.6. The van der Waals surface area contributed by atoms with Gasteiger partial charge in [0, 0.05) is 57.6 Å². The van der Waals surface area contributed by atoms with Crippen LogP contribution in [0.4, 0.5) is 14.5 Å². The number of methoxy groups -OCH3 is 2. The highest BCUT2D eigenvalue weighted by Gasteiger charge is 2.33. The minimum atomic E-state index is -4.15. The van der Waals surface area contributed by atoms with Crippen molar-refractivity contribution in [3.63, 3.8) is 0 Å². The third-order valence-electron chi connectivity index (χ3n) is 9.70. The Hall–Kier alpha value is -4.12. The molecule has 1 aromatic heterocycles. The van der Waals surface area contributed by atoms with E-state index in [4.69, 9.17) is 13.9 Å². The van der Waals surface area contributed by atoms with Crippen molar-refractivity contribution in [2.24, 2.45) is 0 Å². The highest BCUT2D eigenvalue weighted by molar-refractivity contribution is 7.87. The molecule has 3 aromatic rings. The molecule has 1 N–H and O–H groups in total. The number of fused-ring (bicyclic) bond motifs is 3. The molecule has 0 spiro atoms. The van der Waals surface area contributed by atoms with Gasteiger partial charge in [0.2, 0.25) is 0 Å². The van der Waals surface area contributed by atoms with Gasteiger partial charge in [-0.25, -0.2) is 18.3 Å². The molecule has 0 bridgehead atoms. The molecule has 49 heavy (non-hydrogen) atoms. The summed E-state index contributed by atoms with van der Waals surface area (Å²) >= 11 is 0. The Kier molecular flexibility index (Phi) is 9.68. The first-order valence-corrected chi connectivity index (χ1v) is 17.5. The first kappa shape index (κ1) is 34.7. The summed E-state index contributed by atoms with van der Waals surface area (Å²) in [6, 6.07) is 3.33. The minimum Gasteiger partial charge on any atom is -0.496 e. The quantitative estimate of drug-likeness (QED) is 0.348. The molecule has 0 unspecified atom stereocenters. The van der Waals surface area contributed by atoms with E-state index in [1.165, 1.54) is 18.1 Å². The van der Waals surface area contributed by atoms with E-state index in [2.05, 4.69) is 9.80 Å². The van der Waals surface area contributed by atoms with Crippen molar-refractivity contribution in [3.8, 4) is 5.75 Å². The molecule has 0 aliphatic carbocycles. The maximum Gasteiger partial charge on any atom is 0.341 e. The van der Waals surface area contributed by atoms with E-state index in [-0.39, 0.29) is 60.9 Å². The molecule has 2 aromatic carbocycles. The largest absolute Gasteiger partial charge is 0.496 e. The van der Waals surface area contributed by atoms with Gasteiger partial charge in [-0.05, 0) is 57.0 Å². The first-order valence-electron chi connectivity index (χ1n) is 16.0. The van der Waals surface area contributed by atoms with Crippen LogP contribution in [0.5, 0.6) is 5.75 Å². The molecule has 3 aliphatic heterocycles. The number of carbonyl (C=O) groups is 2. The van der Waals surface area contributed by atoms with Gasteiger partial charge in [-0.2, -0.15) is 12.7 Å². The topological polar surface area (TPSA) is 142 Å². The normalized spacial score (nSPS) is 18.9. The molecule has 13 nitrogen and oxygen atoms in total. The number of nitrogens with zero attached hydrogens (tertiary/aromatic N) is 4. The van der Waals surface area contributed by atoms with Gasteiger partial charge in [-0.15, -0.1) is 0 Å². The van der Waals surface area contributed by atoms with Crippen LogP contribution in [-0.2, 0) is 27.9 Å². The van der Waals surface area contributed by atoms with E-state index in [1.54, 1.807) is 14.0 Å². The molecule has 264 valence electrons. The lowest BCUT2D eigenvalue weighted by Gasteiger charge is -2.41. The summed E-state index contributed by atoms with van der Waals surface area (Å²) in [4.78, 5) is 45.3. The van der Waals surface area contributed by atoms with Crippen LogP contribution in [-0.4, -0.2) is 108 Å². The molecule has 2 fully saturated rings. The van der Waals surface area contributed by atoms with Crippen molar-refractivity contribution in [1.82, 2.24) is 18.8 Å². The Morgan fingerprint density at radius 3 is 2.43 bits per heavy atom. The van der Waals surface area contributed by atoms with Crippen LogP contribution in [0.15, 0.2) is 27.4 Å². The average molecular weight is 704 g/mol. The maximum atomic E-state index is 15.9. The molecule has 2 saturated heterocycles. The van der Waals surface area contributed by atoms with E-state index in [1.807, 2.05) is 11.8 Å². The lowest BCUT2D eigenvalue weighted by atomic mass is 9.94. The van der Waals surface area contributed by atoms with E-state index in [9.17, 15) is 22.8 Å². The Morgan fingerprint density at radius 1 is 1.00 bits per heavy atom. The third-order valence-corrected chi connectivity index (χ3v) is 11.2. The van der Waals surface area contributed by atoms with Gasteiger partial charge in [-0.1, -0.05) is 0 Å². The van der Waals surface area contributed by atoms with Crippen molar-refractivity contribution >= 4 is 38.7 Å². The Balaban J connectivity index is 1.26. The van der Waals surface area contributed by atoms with E-state index < -0.39 is 50.4 Å². The number of amides is 2. The van der Waals surface area contributed by atoms with Crippen molar-refractivity contribution < 1.29 is 40.7 Å². The minimum absolute atomic E-state index is 0.0415. The number of likely N-dealkylation sites (N-methyl/N-ethyl adjacent to an activating group) is 1. The summed E-state index contributed by atoms with van der Waals surface area (Å²) in [7, 11) is 0.696. The highest BCUT2D eigenvalue weighted by atomic mass is 32.2. The van der Waals surface area contributed by atoms with Crippen LogP contribution in [0.25, 0.3) is 11.0 Å². The molecule has 2 amide bonds. The number of benzene rings is 2. The average Bonchev–Trinajstić information content (AvgIpc) is 3.63. The van der Waals surface area contributed by atoms with Gasteiger partial charge in [0.25, 0.3) is 11.8 Å². The lowest BCUT2D eigenvalue weighted by Crippen LogP contribution is -2.53. The molecule has 0 radical (unpaired) electrons. The maximum absolute atomic E-state index is 15.9.